The number of carbonyl (C=O) groups excluding carboxylic acids is 2. The Bertz CT molecular complexity index is 605. The van der Waals surface area contributed by atoms with E-state index in [4.69, 9.17) is 5.11 Å². The Kier molecular flexibility index (Phi) is 4.46. The highest BCUT2D eigenvalue weighted by molar-refractivity contribution is 9.10. The first-order valence-electron chi connectivity index (χ1n) is 6.21. The van der Waals surface area contributed by atoms with Gasteiger partial charge in [-0.05, 0) is 18.2 Å². The van der Waals surface area contributed by atoms with Crippen LogP contribution in [0.25, 0.3) is 0 Å². The molecule has 8 heteroatoms. The van der Waals surface area contributed by atoms with Crippen LogP contribution in [-0.2, 0) is 4.79 Å². The van der Waals surface area contributed by atoms with Crippen molar-refractivity contribution in [3.63, 3.8) is 0 Å². The Morgan fingerprint density at radius 3 is 2.67 bits per heavy atom. The summed E-state index contributed by atoms with van der Waals surface area (Å²) in [5.41, 5.74) is 0.181. The van der Waals surface area contributed by atoms with Gasteiger partial charge in [-0.15, -0.1) is 0 Å². The lowest BCUT2D eigenvalue weighted by Gasteiger charge is -2.32. The second-order valence-corrected chi connectivity index (χ2v) is 5.58. The number of nitrogens with one attached hydrogen (secondary N) is 1. The molecule has 112 valence electrons. The second kappa shape index (κ2) is 6.13. The third kappa shape index (κ3) is 3.52. The molecule has 0 bridgehead atoms. The molecule has 1 saturated heterocycles. The van der Waals surface area contributed by atoms with Crippen molar-refractivity contribution in [2.45, 2.75) is 0 Å². The monoisotopic (exact) mass is 355 g/mol. The number of hydrogen-bond donors (Lipinski definition) is 2. The number of likely N-dealkylation sites (N-methyl/N-ethyl adjacent to an activating group) is 1. The summed E-state index contributed by atoms with van der Waals surface area (Å²) >= 11 is 3.23. The second-order valence-electron chi connectivity index (χ2n) is 4.66. The molecule has 2 rings (SSSR count). The Hall–Kier alpha value is -2.09. The first-order chi connectivity index (χ1) is 9.88. The zero-order chi connectivity index (χ0) is 15.6. The van der Waals surface area contributed by atoms with Crippen molar-refractivity contribution in [3.8, 4) is 0 Å². The van der Waals surface area contributed by atoms with E-state index >= 15 is 0 Å². The number of benzene rings is 1. The molecule has 1 heterocycles. The minimum Gasteiger partial charge on any atom is -0.478 e. The van der Waals surface area contributed by atoms with Gasteiger partial charge in [-0.25, -0.2) is 9.59 Å². The fraction of sp³-hybridized carbons (Fsp3) is 0.308. The van der Waals surface area contributed by atoms with Crippen molar-refractivity contribution in [2.24, 2.45) is 0 Å². The number of amides is 3. The third-order valence-corrected chi connectivity index (χ3v) is 3.69. The van der Waals surface area contributed by atoms with Crippen LogP contribution in [0.15, 0.2) is 22.7 Å². The van der Waals surface area contributed by atoms with E-state index in [0.717, 1.165) is 0 Å². The molecule has 0 saturated carbocycles. The van der Waals surface area contributed by atoms with Gasteiger partial charge in [0.2, 0.25) is 5.91 Å². The molecule has 21 heavy (non-hydrogen) atoms. The van der Waals surface area contributed by atoms with Crippen molar-refractivity contribution >= 4 is 39.5 Å². The lowest BCUT2D eigenvalue weighted by Crippen LogP contribution is -2.51. The number of aromatic carboxylic acids is 1. The highest BCUT2D eigenvalue weighted by atomic mass is 79.9. The predicted octanol–water partition coefficient (Wildman–Crippen LogP) is 1.45. The van der Waals surface area contributed by atoms with Gasteiger partial charge in [0.25, 0.3) is 0 Å². The summed E-state index contributed by atoms with van der Waals surface area (Å²) < 4.78 is 0.650. The van der Waals surface area contributed by atoms with E-state index in [1.165, 1.54) is 17.0 Å². The van der Waals surface area contributed by atoms with Crippen LogP contribution in [0, 0.1) is 0 Å². The summed E-state index contributed by atoms with van der Waals surface area (Å²) in [5.74, 6) is -1.28. The maximum atomic E-state index is 12.1. The molecule has 2 N–H and O–H groups in total. The minimum atomic E-state index is -1.13. The summed E-state index contributed by atoms with van der Waals surface area (Å²) in [4.78, 5) is 37.8. The average Bonchev–Trinajstić information content (AvgIpc) is 2.41. The van der Waals surface area contributed by atoms with Gasteiger partial charge in [0, 0.05) is 24.6 Å². The van der Waals surface area contributed by atoms with Gasteiger partial charge in [0.15, 0.2) is 0 Å². The Morgan fingerprint density at radius 2 is 2.05 bits per heavy atom. The number of carboxylic acid groups (broad SMARTS) is 1. The summed E-state index contributed by atoms with van der Waals surface area (Å²) in [5, 5.41) is 11.7. The lowest BCUT2D eigenvalue weighted by atomic mass is 10.2. The molecule has 1 aromatic rings. The molecule has 1 aliphatic heterocycles. The van der Waals surface area contributed by atoms with Gasteiger partial charge < -0.3 is 20.2 Å². The van der Waals surface area contributed by atoms with Crippen LogP contribution < -0.4 is 5.32 Å². The highest BCUT2D eigenvalue weighted by Gasteiger charge is 2.25. The van der Waals surface area contributed by atoms with Gasteiger partial charge in [-0.3, -0.25) is 4.79 Å². The largest absolute Gasteiger partial charge is 0.478 e. The molecule has 1 fully saturated rings. The fourth-order valence-corrected chi connectivity index (χ4v) is 2.29. The molecule has 0 aliphatic carbocycles. The first kappa shape index (κ1) is 15.3. The number of hydrogen-bond acceptors (Lipinski definition) is 3. The van der Waals surface area contributed by atoms with Crippen LogP contribution in [0.1, 0.15) is 10.4 Å². The van der Waals surface area contributed by atoms with Crippen LogP contribution >= 0.6 is 15.9 Å². The van der Waals surface area contributed by atoms with Crippen molar-refractivity contribution in [2.75, 3.05) is 32.0 Å². The highest BCUT2D eigenvalue weighted by Crippen LogP contribution is 2.22. The van der Waals surface area contributed by atoms with Gasteiger partial charge >= 0.3 is 12.0 Å². The van der Waals surface area contributed by atoms with Crippen LogP contribution in [0.2, 0.25) is 0 Å². The molecule has 7 nitrogen and oxygen atoms in total. The first-order valence-corrected chi connectivity index (χ1v) is 7.00. The number of piperazine rings is 1. The number of nitrogens with zero attached hydrogens (tertiary/aromatic N) is 2. The van der Waals surface area contributed by atoms with Gasteiger partial charge in [0.1, 0.15) is 6.54 Å². The third-order valence-electron chi connectivity index (χ3n) is 3.20. The predicted molar refractivity (Wildman–Crippen MR) is 79.3 cm³/mol. The molecular weight excluding hydrogens is 342 g/mol. The zero-order valence-corrected chi connectivity index (χ0v) is 12.9. The molecule has 1 aliphatic rings. The standard InChI is InChI=1S/C13H14BrN3O4/c1-16-4-5-17(7-11(16)18)13(21)15-10-6-8(14)2-3-9(10)12(19)20/h2-3,6H,4-5,7H2,1H3,(H,15,21)(H,19,20). The molecule has 3 amide bonds. The van der Waals surface area contributed by atoms with E-state index in [1.807, 2.05) is 0 Å². The molecule has 0 radical (unpaired) electrons. The maximum Gasteiger partial charge on any atom is 0.337 e. The molecular formula is C13H14BrN3O4. The lowest BCUT2D eigenvalue weighted by molar-refractivity contribution is -0.133. The number of carbonyl (C=O) groups is 3. The fourth-order valence-electron chi connectivity index (χ4n) is 1.93. The maximum absolute atomic E-state index is 12.1. The average molecular weight is 356 g/mol. The van der Waals surface area contributed by atoms with E-state index in [2.05, 4.69) is 21.2 Å². The van der Waals surface area contributed by atoms with Crippen molar-refractivity contribution in [1.82, 2.24) is 9.80 Å². The van der Waals surface area contributed by atoms with Crippen molar-refractivity contribution < 1.29 is 19.5 Å². The molecule has 1 aromatic carbocycles. The molecule has 0 aromatic heterocycles. The van der Waals surface area contributed by atoms with Crippen molar-refractivity contribution in [1.29, 1.82) is 0 Å². The normalized spacial score (nSPS) is 15.0. The van der Waals surface area contributed by atoms with Gasteiger partial charge in [-0.2, -0.15) is 0 Å². The zero-order valence-electron chi connectivity index (χ0n) is 11.3. The van der Waals surface area contributed by atoms with E-state index in [9.17, 15) is 14.4 Å². The quantitative estimate of drug-likeness (QED) is 0.840. The number of carboxylic acids is 1. The van der Waals surface area contributed by atoms with Crippen LogP contribution in [-0.4, -0.2) is 59.5 Å². The van der Waals surface area contributed by atoms with E-state index in [1.54, 1.807) is 18.0 Å². The molecule has 0 atom stereocenters. The summed E-state index contributed by atoms with van der Waals surface area (Å²) in [7, 11) is 1.68. The van der Waals surface area contributed by atoms with Gasteiger partial charge in [-0.1, -0.05) is 15.9 Å². The topological polar surface area (TPSA) is 89.9 Å². The van der Waals surface area contributed by atoms with Crippen molar-refractivity contribution in [3.05, 3.63) is 28.2 Å². The van der Waals surface area contributed by atoms with Crippen LogP contribution in [0.5, 0.6) is 0 Å². The van der Waals surface area contributed by atoms with E-state index < -0.39 is 12.0 Å². The van der Waals surface area contributed by atoms with E-state index in [-0.39, 0.29) is 23.7 Å². The number of rotatable bonds is 2. The Labute approximate surface area is 129 Å². The number of halogens is 1. The van der Waals surface area contributed by atoms with Gasteiger partial charge in [0.05, 0.1) is 11.3 Å². The summed E-state index contributed by atoms with van der Waals surface area (Å²) in [6, 6.07) is 4.01. The van der Waals surface area contributed by atoms with Crippen LogP contribution in [0.4, 0.5) is 10.5 Å². The summed E-state index contributed by atoms with van der Waals surface area (Å²) in [6.45, 7) is 0.847. The smallest absolute Gasteiger partial charge is 0.337 e. The van der Waals surface area contributed by atoms with Crippen LogP contribution in [0.3, 0.4) is 0 Å². The van der Waals surface area contributed by atoms with E-state index in [0.29, 0.717) is 17.6 Å². The number of anilines is 1. The minimum absolute atomic E-state index is 0.00740. The number of urea groups is 1. The summed E-state index contributed by atoms with van der Waals surface area (Å²) in [6.07, 6.45) is 0. The Morgan fingerprint density at radius 1 is 1.33 bits per heavy atom. The SMILES string of the molecule is CN1CCN(C(=O)Nc2cc(Br)ccc2C(=O)O)CC1=O. The molecule has 0 unspecified atom stereocenters. The Balaban J connectivity index is 2.14. The molecule has 0 spiro atoms.